The number of carbonyl (C=O) groups is 1. The van der Waals surface area contributed by atoms with Crippen molar-refractivity contribution in [2.24, 2.45) is 0 Å². The number of rotatable bonds is 3. The van der Waals surface area contributed by atoms with Crippen LogP contribution >= 0.6 is 0 Å². The van der Waals surface area contributed by atoms with Crippen LogP contribution in [0, 0.1) is 6.92 Å². The number of nitrogens with one attached hydrogen (secondary N) is 1. The van der Waals surface area contributed by atoms with Gasteiger partial charge in [0.25, 0.3) is 5.91 Å². The maximum Gasteiger partial charge on any atom is 0.409 e. The van der Waals surface area contributed by atoms with Crippen LogP contribution < -0.4 is 5.32 Å². The van der Waals surface area contributed by atoms with Gasteiger partial charge in [0, 0.05) is 22.7 Å². The standard InChI is InChI=1S/C21H16F3NO2/c1-13-11-14(9-10-21(22,23)24)5-8-17(13)20(27)25-19-4-2-3-15-6-7-16(26)12-18(15)19/h2-12,26H,1H3,(H,25,27). The quantitative estimate of drug-likeness (QED) is 0.622. The number of phenols is 1. The molecule has 0 heterocycles. The first-order valence-electron chi connectivity index (χ1n) is 8.13. The number of amides is 1. The van der Waals surface area contributed by atoms with Crippen LogP contribution in [0.2, 0.25) is 0 Å². The smallest absolute Gasteiger partial charge is 0.409 e. The van der Waals surface area contributed by atoms with E-state index < -0.39 is 6.18 Å². The number of aryl methyl sites for hydroxylation is 1. The normalized spacial score (nSPS) is 11.9. The van der Waals surface area contributed by atoms with Crippen molar-refractivity contribution in [2.75, 3.05) is 5.32 Å². The third kappa shape index (κ3) is 4.47. The third-order valence-corrected chi connectivity index (χ3v) is 4.07. The van der Waals surface area contributed by atoms with Gasteiger partial charge in [-0.1, -0.05) is 36.4 Å². The van der Waals surface area contributed by atoms with Crippen molar-refractivity contribution in [2.45, 2.75) is 13.1 Å². The van der Waals surface area contributed by atoms with Crippen molar-refractivity contribution < 1.29 is 23.1 Å². The van der Waals surface area contributed by atoms with Crippen LogP contribution in [0.3, 0.4) is 0 Å². The van der Waals surface area contributed by atoms with Crippen molar-refractivity contribution in [3.8, 4) is 5.75 Å². The molecule has 27 heavy (non-hydrogen) atoms. The number of aromatic hydroxyl groups is 1. The summed E-state index contributed by atoms with van der Waals surface area (Å²) in [7, 11) is 0. The maximum absolute atomic E-state index is 12.6. The van der Waals surface area contributed by atoms with Gasteiger partial charge >= 0.3 is 6.18 Å². The molecule has 0 aliphatic carbocycles. The average molecular weight is 371 g/mol. The van der Waals surface area contributed by atoms with Gasteiger partial charge in [0.2, 0.25) is 0 Å². The number of anilines is 1. The molecule has 0 aromatic heterocycles. The highest BCUT2D eigenvalue weighted by Gasteiger charge is 2.21. The lowest BCUT2D eigenvalue weighted by Gasteiger charge is -2.11. The minimum Gasteiger partial charge on any atom is -0.508 e. The van der Waals surface area contributed by atoms with E-state index in [4.69, 9.17) is 0 Å². The Balaban J connectivity index is 1.87. The zero-order chi connectivity index (χ0) is 19.6. The predicted octanol–water partition coefficient (Wildman–Crippen LogP) is 5.68. The summed E-state index contributed by atoms with van der Waals surface area (Å²) in [5.74, 6) is -0.295. The summed E-state index contributed by atoms with van der Waals surface area (Å²) in [5.41, 5.74) is 1.81. The van der Waals surface area contributed by atoms with E-state index in [1.807, 2.05) is 6.07 Å². The van der Waals surface area contributed by atoms with Crippen LogP contribution in [0.1, 0.15) is 21.5 Å². The highest BCUT2D eigenvalue weighted by atomic mass is 19.4. The molecule has 0 aliphatic heterocycles. The minimum atomic E-state index is -4.39. The molecule has 0 radical (unpaired) electrons. The second kappa shape index (κ2) is 7.15. The fourth-order valence-electron chi connectivity index (χ4n) is 2.80. The summed E-state index contributed by atoms with van der Waals surface area (Å²) in [6.07, 6.45) is -3.27. The molecular weight excluding hydrogens is 355 g/mol. The summed E-state index contributed by atoms with van der Waals surface area (Å²) < 4.78 is 36.8. The molecule has 0 saturated heterocycles. The second-order valence-electron chi connectivity index (χ2n) is 6.11. The van der Waals surface area contributed by atoms with Gasteiger partial charge in [-0.25, -0.2) is 0 Å². The Kier molecular flexibility index (Phi) is 4.90. The second-order valence-corrected chi connectivity index (χ2v) is 6.11. The van der Waals surface area contributed by atoms with Crippen LogP contribution in [0.25, 0.3) is 16.8 Å². The summed E-state index contributed by atoms with van der Waals surface area (Å²) >= 11 is 0. The topological polar surface area (TPSA) is 49.3 Å². The fourth-order valence-corrected chi connectivity index (χ4v) is 2.80. The number of hydrogen-bond acceptors (Lipinski definition) is 2. The Morgan fingerprint density at radius 2 is 1.85 bits per heavy atom. The van der Waals surface area contributed by atoms with E-state index in [1.54, 1.807) is 37.3 Å². The molecule has 0 fully saturated rings. The molecule has 3 aromatic rings. The number of phenolic OH excluding ortho intramolecular Hbond substituents is 1. The molecule has 0 saturated carbocycles. The molecule has 0 spiro atoms. The number of halogens is 3. The van der Waals surface area contributed by atoms with Gasteiger partial charge in [0.1, 0.15) is 5.75 Å². The number of carbonyl (C=O) groups excluding carboxylic acids is 1. The molecule has 0 atom stereocenters. The lowest BCUT2D eigenvalue weighted by atomic mass is 10.0. The summed E-state index contributed by atoms with van der Waals surface area (Å²) in [5, 5.41) is 14.0. The zero-order valence-corrected chi connectivity index (χ0v) is 14.3. The van der Waals surface area contributed by atoms with Crippen molar-refractivity contribution in [3.63, 3.8) is 0 Å². The monoisotopic (exact) mass is 371 g/mol. The lowest BCUT2D eigenvalue weighted by molar-refractivity contribution is -0.0790. The van der Waals surface area contributed by atoms with Crippen molar-refractivity contribution in [1.29, 1.82) is 0 Å². The van der Waals surface area contributed by atoms with E-state index in [-0.39, 0.29) is 17.7 Å². The molecule has 1 amide bonds. The highest BCUT2D eigenvalue weighted by molar-refractivity contribution is 6.10. The Labute approximate surface area is 153 Å². The SMILES string of the molecule is Cc1cc(C=CC(F)(F)F)ccc1C(=O)Nc1cccc2ccc(O)cc12. The van der Waals surface area contributed by atoms with E-state index >= 15 is 0 Å². The first-order valence-corrected chi connectivity index (χ1v) is 8.13. The number of alkyl halides is 3. The summed E-state index contributed by atoms with van der Waals surface area (Å²) in [6.45, 7) is 1.66. The van der Waals surface area contributed by atoms with E-state index in [9.17, 15) is 23.1 Å². The van der Waals surface area contributed by atoms with Crippen molar-refractivity contribution in [1.82, 2.24) is 0 Å². The minimum absolute atomic E-state index is 0.0844. The Hall–Kier alpha value is -3.28. The zero-order valence-electron chi connectivity index (χ0n) is 14.3. The Morgan fingerprint density at radius 1 is 1.07 bits per heavy atom. The molecule has 0 bridgehead atoms. The van der Waals surface area contributed by atoms with Gasteiger partial charge in [-0.2, -0.15) is 13.2 Å². The summed E-state index contributed by atoms with van der Waals surface area (Å²) in [4.78, 5) is 12.6. The lowest BCUT2D eigenvalue weighted by Crippen LogP contribution is -2.13. The van der Waals surface area contributed by atoms with Gasteiger partial charge in [-0.05, 0) is 47.7 Å². The number of allylic oxidation sites excluding steroid dienone is 1. The Morgan fingerprint density at radius 3 is 2.56 bits per heavy atom. The molecule has 138 valence electrons. The fraction of sp³-hybridized carbons (Fsp3) is 0.0952. The van der Waals surface area contributed by atoms with Gasteiger partial charge < -0.3 is 10.4 Å². The molecule has 2 N–H and O–H groups in total. The van der Waals surface area contributed by atoms with E-state index in [1.165, 1.54) is 18.2 Å². The van der Waals surface area contributed by atoms with Crippen LogP contribution in [0.4, 0.5) is 18.9 Å². The molecule has 0 unspecified atom stereocenters. The third-order valence-electron chi connectivity index (χ3n) is 4.07. The van der Waals surface area contributed by atoms with Crippen molar-refractivity contribution >= 4 is 28.4 Å². The molecule has 3 aromatic carbocycles. The molecule has 3 nitrogen and oxygen atoms in total. The Bertz CT molecular complexity index is 1040. The van der Waals surface area contributed by atoms with Crippen LogP contribution in [-0.4, -0.2) is 17.2 Å². The molecule has 6 heteroatoms. The predicted molar refractivity (Wildman–Crippen MR) is 99.8 cm³/mol. The molecule has 3 rings (SSSR count). The average Bonchev–Trinajstić information content (AvgIpc) is 2.60. The van der Waals surface area contributed by atoms with Gasteiger partial charge in [-0.15, -0.1) is 0 Å². The van der Waals surface area contributed by atoms with Crippen LogP contribution in [0.15, 0.2) is 60.7 Å². The first kappa shape index (κ1) is 18.5. The van der Waals surface area contributed by atoms with E-state index in [0.29, 0.717) is 27.8 Å². The van der Waals surface area contributed by atoms with E-state index in [2.05, 4.69) is 5.32 Å². The first-order chi connectivity index (χ1) is 12.7. The van der Waals surface area contributed by atoms with Crippen molar-refractivity contribution in [3.05, 3.63) is 77.4 Å². The van der Waals surface area contributed by atoms with Gasteiger partial charge in [0.05, 0.1) is 0 Å². The van der Waals surface area contributed by atoms with E-state index in [0.717, 1.165) is 11.5 Å². The molecular formula is C21H16F3NO2. The highest BCUT2D eigenvalue weighted by Crippen LogP contribution is 2.28. The number of fused-ring (bicyclic) bond motifs is 1. The van der Waals surface area contributed by atoms with Gasteiger partial charge in [-0.3, -0.25) is 4.79 Å². The number of hydrogen-bond donors (Lipinski definition) is 2. The molecule has 0 aliphatic rings. The summed E-state index contributed by atoms with van der Waals surface area (Å²) in [6, 6.07) is 14.7. The van der Waals surface area contributed by atoms with Gasteiger partial charge in [0.15, 0.2) is 0 Å². The number of benzene rings is 3. The van der Waals surface area contributed by atoms with Crippen LogP contribution in [0.5, 0.6) is 5.75 Å². The van der Waals surface area contributed by atoms with Crippen LogP contribution in [-0.2, 0) is 0 Å². The largest absolute Gasteiger partial charge is 0.508 e. The maximum atomic E-state index is 12.6.